The lowest BCUT2D eigenvalue weighted by Gasteiger charge is -2.24. The average molecular weight is 535 g/mol. The molecule has 37 heavy (non-hydrogen) atoms. The van der Waals surface area contributed by atoms with Crippen molar-refractivity contribution in [2.45, 2.75) is 13.0 Å². The molecule has 0 unspecified atom stereocenters. The highest BCUT2D eigenvalue weighted by atomic mass is 35.5. The highest BCUT2D eigenvalue weighted by Gasteiger charge is 2.33. The number of hydrogen-bond donors (Lipinski definition) is 0. The quantitative estimate of drug-likeness (QED) is 0.285. The Morgan fingerprint density at radius 2 is 1.81 bits per heavy atom. The predicted octanol–water partition coefficient (Wildman–Crippen LogP) is 3.87. The van der Waals surface area contributed by atoms with Crippen LogP contribution in [0.3, 0.4) is 0 Å². The van der Waals surface area contributed by atoms with Gasteiger partial charge < -0.3 is 13.9 Å². The van der Waals surface area contributed by atoms with E-state index >= 15 is 0 Å². The van der Waals surface area contributed by atoms with Crippen LogP contribution in [0.2, 0.25) is 5.02 Å². The summed E-state index contributed by atoms with van der Waals surface area (Å²) in [4.78, 5) is 43.6. The number of carbonyl (C=O) groups is 2. The summed E-state index contributed by atoms with van der Waals surface area (Å²) in [6.45, 7) is 1.70. The molecule has 0 saturated heterocycles. The molecule has 1 atom stereocenters. The first-order valence-electron chi connectivity index (χ1n) is 11.1. The van der Waals surface area contributed by atoms with Crippen LogP contribution >= 0.6 is 22.9 Å². The van der Waals surface area contributed by atoms with Gasteiger partial charge in [0.15, 0.2) is 4.80 Å². The van der Waals surface area contributed by atoms with Crippen molar-refractivity contribution in [2.24, 2.45) is 4.99 Å². The van der Waals surface area contributed by atoms with Gasteiger partial charge in [-0.05, 0) is 60.5 Å². The normalized spacial score (nSPS) is 15.2. The predicted molar refractivity (Wildman–Crippen MR) is 137 cm³/mol. The molecule has 0 aliphatic carbocycles. The molecule has 2 aromatic carbocycles. The third kappa shape index (κ3) is 4.78. The van der Waals surface area contributed by atoms with Crippen molar-refractivity contribution >= 4 is 41.0 Å². The van der Waals surface area contributed by atoms with Gasteiger partial charge in [-0.2, -0.15) is 0 Å². The molecule has 10 heteroatoms. The van der Waals surface area contributed by atoms with E-state index in [0.29, 0.717) is 25.6 Å². The summed E-state index contributed by atoms with van der Waals surface area (Å²) in [5, 5.41) is 0.593. The average Bonchev–Trinajstić information content (AvgIpc) is 3.54. The number of methoxy groups -OCH3 is 1. The first-order chi connectivity index (χ1) is 17.9. The Kier molecular flexibility index (Phi) is 6.64. The van der Waals surface area contributed by atoms with Gasteiger partial charge >= 0.3 is 11.9 Å². The van der Waals surface area contributed by atoms with E-state index in [0.717, 1.165) is 5.56 Å². The number of rotatable bonds is 5. The van der Waals surface area contributed by atoms with Crippen LogP contribution in [-0.2, 0) is 9.53 Å². The number of allylic oxidation sites excluding steroid dienone is 1. The third-order valence-electron chi connectivity index (χ3n) is 5.72. The number of nitrogens with zero attached hydrogens (tertiary/aromatic N) is 2. The largest absolute Gasteiger partial charge is 0.466 e. The minimum absolute atomic E-state index is 0.0726. The summed E-state index contributed by atoms with van der Waals surface area (Å²) in [5.74, 6) is -0.880. The van der Waals surface area contributed by atoms with Crippen molar-refractivity contribution in [2.75, 3.05) is 7.11 Å². The number of esters is 2. The highest BCUT2D eigenvalue weighted by molar-refractivity contribution is 7.07. The second-order valence-electron chi connectivity index (χ2n) is 8.06. The maximum absolute atomic E-state index is 13.6. The van der Waals surface area contributed by atoms with Gasteiger partial charge in [0.2, 0.25) is 5.76 Å². The number of furan rings is 1. The molecule has 1 aliphatic rings. The number of carbonyl (C=O) groups excluding carboxylic acids is 2. The molecule has 5 rings (SSSR count). The van der Waals surface area contributed by atoms with E-state index < -0.39 is 18.0 Å². The smallest absolute Gasteiger partial charge is 0.379 e. The maximum atomic E-state index is 13.6. The SMILES string of the molecule is COC(=O)C1=C(C)N=c2s/c(=C\c3ccc(Cl)cc3)c(=O)n2[C@H]1c1ccc(OC(=O)c2ccco2)cc1. The molecule has 8 nitrogen and oxygen atoms in total. The summed E-state index contributed by atoms with van der Waals surface area (Å²) in [5.41, 5.74) is 1.81. The lowest BCUT2D eigenvalue weighted by molar-refractivity contribution is -0.136. The van der Waals surface area contributed by atoms with Gasteiger partial charge in [0.25, 0.3) is 5.56 Å². The van der Waals surface area contributed by atoms with Gasteiger partial charge in [-0.15, -0.1) is 0 Å². The minimum Gasteiger partial charge on any atom is -0.466 e. The minimum atomic E-state index is -0.786. The lowest BCUT2D eigenvalue weighted by Crippen LogP contribution is -2.39. The van der Waals surface area contributed by atoms with Gasteiger partial charge in [-0.1, -0.05) is 47.2 Å². The van der Waals surface area contributed by atoms with Crippen LogP contribution < -0.4 is 19.6 Å². The van der Waals surface area contributed by atoms with Crippen LogP contribution in [0, 0.1) is 0 Å². The second kappa shape index (κ2) is 10.0. The number of benzene rings is 2. The summed E-state index contributed by atoms with van der Waals surface area (Å²) < 4.78 is 17.4. The maximum Gasteiger partial charge on any atom is 0.379 e. The highest BCUT2D eigenvalue weighted by Crippen LogP contribution is 2.31. The fourth-order valence-corrected chi connectivity index (χ4v) is 5.16. The van der Waals surface area contributed by atoms with E-state index in [1.54, 1.807) is 55.5 Å². The van der Waals surface area contributed by atoms with Crippen molar-refractivity contribution in [3.63, 3.8) is 0 Å². The third-order valence-corrected chi connectivity index (χ3v) is 6.96. The molecule has 4 aromatic rings. The Labute approximate surface area is 219 Å². The van der Waals surface area contributed by atoms with Crippen LogP contribution in [0.15, 0.2) is 92.4 Å². The first kappa shape index (κ1) is 24.5. The van der Waals surface area contributed by atoms with E-state index in [1.807, 2.05) is 12.1 Å². The van der Waals surface area contributed by atoms with Crippen molar-refractivity contribution in [3.8, 4) is 5.75 Å². The fraction of sp³-hybridized carbons (Fsp3) is 0.111. The van der Waals surface area contributed by atoms with Gasteiger partial charge in [-0.3, -0.25) is 9.36 Å². The summed E-state index contributed by atoms with van der Waals surface area (Å²) in [6, 6.07) is 16.0. The Bertz CT molecular complexity index is 1700. The van der Waals surface area contributed by atoms with Gasteiger partial charge in [0.05, 0.1) is 35.2 Å². The molecule has 1 aliphatic heterocycles. The van der Waals surface area contributed by atoms with E-state index in [9.17, 15) is 14.4 Å². The first-order valence-corrected chi connectivity index (χ1v) is 12.3. The number of ether oxygens (including phenoxy) is 2. The lowest BCUT2D eigenvalue weighted by atomic mass is 9.96. The molecule has 0 bridgehead atoms. The number of aromatic nitrogens is 1. The van der Waals surface area contributed by atoms with E-state index in [2.05, 4.69) is 4.99 Å². The molecule has 0 radical (unpaired) electrons. The zero-order chi connectivity index (χ0) is 26.1. The zero-order valence-corrected chi connectivity index (χ0v) is 21.2. The molecule has 186 valence electrons. The zero-order valence-electron chi connectivity index (χ0n) is 19.6. The summed E-state index contributed by atoms with van der Waals surface area (Å²) >= 11 is 7.21. The van der Waals surface area contributed by atoms with Crippen molar-refractivity contribution in [3.05, 3.63) is 120 Å². The van der Waals surface area contributed by atoms with Crippen LogP contribution in [-0.4, -0.2) is 23.6 Å². The van der Waals surface area contributed by atoms with E-state index in [1.165, 1.54) is 35.3 Å². The van der Waals surface area contributed by atoms with Crippen molar-refractivity contribution in [1.82, 2.24) is 4.57 Å². The number of halogens is 1. The number of thiazole rings is 1. The van der Waals surface area contributed by atoms with Crippen LogP contribution in [0.4, 0.5) is 0 Å². The molecular weight excluding hydrogens is 516 g/mol. The molecule has 0 amide bonds. The van der Waals surface area contributed by atoms with E-state index in [-0.39, 0.29) is 22.6 Å². The number of hydrogen-bond acceptors (Lipinski definition) is 8. The van der Waals surface area contributed by atoms with E-state index in [4.69, 9.17) is 25.5 Å². The molecule has 0 fully saturated rings. The Balaban J connectivity index is 1.58. The Morgan fingerprint density at radius 3 is 2.46 bits per heavy atom. The Morgan fingerprint density at radius 1 is 1.08 bits per heavy atom. The van der Waals surface area contributed by atoms with Gasteiger partial charge in [-0.25, -0.2) is 14.6 Å². The molecule has 2 aromatic heterocycles. The molecule has 0 N–H and O–H groups in total. The van der Waals surface area contributed by atoms with Gasteiger partial charge in [0, 0.05) is 5.02 Å². The van der Waals surface area contributed by atoms with Crippen molar-refractivity contribution < 1.29 is 23.5 Å². The topological polar surface area (TPSA) is 100 Å². The molecular formula is C27H19ClN2O6S. The summed E-state index contributed by atoms with van der Waals surface area (Å²) in [6.07, 6.45) is 3.14. The standard InChI is InChI=1S/C27H19ClN2O6S/c1-15-22(26(33)34-2)23(17-7-11-19(12-8-17)36-25(32)20-4-3-13-35-20)30-24(31)21(37-27(30)29-15)14-16-5-9-18(28)10-6-16/h3-14,23H,1-2H3/b21-14-/t23-/m0/s1. The van der Waals surface area contributed by atoms with Crippen molar-refractivity contribution in [1.29, 1.82) is 0 Å². The number of fused-ring (bicyclic) bond motifs is 1. The Hall–Kier alpha value is -4.21. The fourth-order valence-electron chi connectivity index (χ4n) is 3.99. The van der Waals surface area contributed by atoms with Crippen LogP contribution in [0.5, 0.6) is 5.75 Å². The van der Waals surface area contributed by atoms with Gasteiger partial charge in [0.1, 0.15) is 5.75 Å². The van der Waals surface area contributed by atoms with Crippen LogP contribution in [0.1, 0.15) is 34.6 Å². The molecule has 0 spiro atoms. The molecule has 3 heterocycles. The molecule has 0 saturated carbocycles. The van der Waals surface area contributed by atoms with Crippen LogP contribution in [0.25, 0.3) is 6.08 Å². The summed E-state index contributed by atoms with van der Waals surface area (Å²) in [7, 11) is 1.28. The monoisotopic (exact) mass is 534 g/mol. The second-order valence-corrected chi connectivity index (χ2v) is 9.51.